The second kappa shape index (κ2) is 3.44. The molecule has 0 N–H and O–H groups in total. The molecule has 1 aromatic rings. The molecule has 62 valence electrons. The van der Waals surface area contributed by atoms with Gasteiger partial charge >= 0.3 is 0 Å². The lowest BCUT2D eigenvalue weighted by atomic mass is 10.5. The van der Waals surface area contributed by atoms with Crippen molar-refractivity contribution in [2.45, 2.75) is 3.79 Å². The van der Waals surface area contributed by atoms with Crippen molar-refractivity contribution in [3.05, 3.63) is 15.1 Å². The molecule has 11 heavy (non-hydrogen) atoms. The number of nitrogens with zero attached hydrogens (tertiary/aromatic N) is 1. The Balaban J connectivity index is 3.15. The van der Waals surface area contributed by atoms with Crippen LogP contribution in [0.2, 0.25) is 9.36 Å². The van der Waals surface area contributed by atoms with Crippen LogP contribution in [-0.4, -0.2) is 4.37 Å². The van der Waals surface area contributed by atoms with Gasteiger partial charge in [0, 0.05) is 0 Å². The van der Waals surface area contributed by atoms with E-state index in [0.29, 0.717) is 4.34 Å². The summed E-state index contributed by atoms with van der Waals surface area (Å²) >= 11 is 28.8. The second-order valence-corrected chi connectivity index (χ2v) is 5.65. The van der Waals surface area contributed by atoms with Crippen LogP contribution in [0.25, 0.3) is 0 Å². The molecule has 0 radical (unpaired) electrons. The molecule has 0 saturated heterocycles. The molecular formula is C4Cl5NS. The third-order valence-corrected chi connectivity index (χ3v) is 3.01. The third-order valence-electron chi connectivity index (χ3n) is 0.866. The molecule has 0 bridgehead atoms. The predicted molar refractivity (Wildman–Crippen MR) is 51.4 cm³/mol. The van der Waals surface area contributed by atoms with E-state index in [-0.39, 0.29) is 10.7 Å². The number of aromatic nitrogens is 1. The van der Waals surface area contributed by atoms with Crippen molar-refractivity contribution in [1.29, 1.82) is 0 Å². The SMILES string of the molecule is Clc1snc(C(Cl)(Cl)Cl)c1Cl. The summed E-state index contributed by atoms with van der Waals surface area (Å²) in [6.45, 7) is 0. The van der Waals surface area contributed by atoms with Crippen molar-refractivity contribution in [2.24, 2.45) is 0 Å². The molecule has 0 aromatic carbocycles. The highest BCUT2D eigenvalue weighted by Crippen LogP contribution is 2.44. The molecule has 0 spiro atoms. The van der Waals surface area contributed by atoms with Gasteiger partial charge in [-0.1, -0.05) is 58.0 Å². The van der Waals surface area contributed by atoms with Gasteiger partial charge < -0.3 is 0 Å². The van der Waals surface area contributed by atoms with Gasteiger partial charge in [0.05, 0.1) is 5.02 Å². The van der Waals surface area contributed by atoms with Crippen LogP contribution >= 0.6 is 69.5 Å². The fourth-order valence-corrected chi connectivity index (χ4v) is 2.25. The van der Waals surface area contributed by atoms with E-state index in [1.54, 1.807) is 0 Å². The van der Waals surface area contributed by atoms with Crippen molar-refractivity contribution < 1.29 is 0 Å². The minimum absolute atomic E-state index is 0.180. The van der Waals surface area contributed by atoms with E-state index < -0.39 is 3.79 Å². The Kier molecular flexibility index (Phi) is 3.18. The number of halogens is 5. The Morgan fingerprint density at radius 2 is 1.73 bits per heavy atom. The molecule has 0 atom stereocenters. The van der Waals surface area contributed by atoms with Crippen LogP contribution in [0.15, 0.2) is 0 Å². The summed E-state index contributed by atoms with van der Waals surface area (Å²) < 4.78 is 2.50. The van der Waals surface area contributed by atoms with Crippen LogP contribution in [0, 0.1) is 0 Å². The van der Waals surface area contributed by atoms with E-state index in [9.17, 15) is 0 Å². The lowest BCUT2D eigenvalue weighted by Gasteiger charge is -2.06. The summed E-state index contributed by atoms with van der Waals surface area (Å²) in [4.78, 5) is 0. The van der Waals surface area contributed by atoms with E-state index in [2.05, 4.69) is 4.37 Å². The van der Waals surface area contributed by atoms with Crippen molar-refractivity contribution >= 4 is 69.5 Å². The first-order valence-corrected chi connectivity index (χ1v) is 4.97. The minimum Gasteiger partial charge on any atom is -0.190 e. The zero-order valence-corrected chi connectivity index (χ0v) is 9.34. The fraction of sp³-hybridized carbons (Fsp3) is 0.250. The van der Waals surface area contributed by atoms with Crippen molar-refractivity contribution in [3.63, 3.8) is 0 Å². The molecule has 0 aliphatic heterocycles. The molecule has 1 aromatic heterocycles. The van der Waals surface area contributed by atoms with E-state index in [1.165, 1.54) is 0 Å². The lowest BCUT2D eigenvalue weighted by molar-refractivity contribution is 1.16. The van der Waals surface area contributed by atoms with Gasteiger partial charge in [-0.2, -0.15) is 4.37 Å². The molecular weight excluding hydrogens is 271 g/mol. The molecule has 1 heterocycles. The quantitative estimate of drug-likeness (QED) is 0.642. The topological polar surface area (TPSA) is 12.9 Å². The summed E-state index contributed by atoms with van der Waals surface area (Å²) in [5.74, 6) is 0. The smallest absolute Gasteiger partial charge is 0.190 e. The first kappa shape index (κ1) is 10.2. The maximum Gasteiger partial charge on any atom is 0.235 e. The zero-order valence-electron chi connectivity index (χ0n) is 4.75. The van der Waals surface area contributed by atoms with Crippen molar-refractivity contribution in [1.82, 2.24) is 4.37 Å². The molecule has 0 saturated carbocycles. The summed E-state index contributed by atoms with van der Waals surface area (Å²) in [6.07, 6.45) is 0. The minimum atomic E-state index is -1.60. The monoisotopic (exact) mass is 269 g/mol. The molecule has 0 fully saturated rings. The van der Waals surface area contributed by atoms with Gasteiger partial charge in [0.15, 0.2) is 0 Å². The van der Waals surface area contributed by atoms with E-state index in [4.69, 9.17) is 58.0 Å². The van der Waals surface area contributed by atoms with Crippen molar-refractivity contribution in [3.8, 4) is 0 Å². The third kappa shape index (κ3) is 2.27. The van der Waals surface area contributed by atoms with Crippen LogP contribution in [0.4, 0.5) is 0 Å². The molecule has 1 nitrogen and oxygen atoms in total. The molecule has 7 heteroatoms. The Hall–Kier alpha value is 1.08. The summed E-state index contributed by atoms with van der Waals surface area (Å²) in [7, 11) is 0. The number of rotatable bonds is 0. The number of alkyl halides is 3. The highest BCUT2D eigenvalue weighted by atomic mass is 35.6. The average molecular weight is 271 g/mol. The Morgan fingerprint density at radius 3 is 1.91 bits per heavy atom. The Morgan fingerprint density at radius 1 is 1.18 bits per heavy atom. The largest absolute Gasteiger partial charge is 0.235 e. The zero-order chi connectivity index (χ0) is 8.65. The van der Waals surface area contributed by atoms with E-state index in [1.807, 2.05) is 0 Å². The first-order chi connectivity index (χ1) is 4.93. The highest BCUT2D eigenvalue weighted by molar-refractivity contribution is 7.11. The van der Waals surface area contributed by atoms with Gasteiger partial charge in [0.25, 0.3) is 0 Å². The van der Waals surface area contributed by atoms with Crippen LogP contribution in [0.5, 0.6) is 0 Å². The summed E-state index contributed by atoms with van der Waals surface area (Å²) in [6, 6.07) is 0. The van der Waals surface area contributed by atoms with Crippen LogP contribution < -0.4 is 0 Å². The van der Waals surface area contributed by atoms with Gasteiger partial charge in [0.1, 0.15) is 10.0 Å². The lowest BCUT2D eigenvalue weighted by Crippen LogP contribution is -2.00. The maximum atomic E-state index is 5.66. The maximum absolute atomic E-state index is 5.66. The van der Waals surface area contributed by atoms with Gasteiger partial charge in [-0.3, -0.25) is 0 Å². The molecule has 0 amide bonds. The van der Waals surface area contributed by atoms with Crippen LogP contribution in [-0.2, 0) is 3.79 Å². The predicted octanol–water partition coefficient (Wildman–Crippen LogP) is 4.28. The Labute approximate surface area is 92.3 Å². The highest BCUT2D eigenvalue weighted by Gasteiger charge is 2.30. The fourth-order valence-electron chi connectivity index (χ4n) is 0.435. The van der Waals surface area contributed by atoms with Crippen molar-refractivity contribution in [2.75, 3.05) is 0 Å². The average Bonchev–Trinajstić information content (AvgIpc) is 2.11. The Bertz CT molecular complexity index is 264. The summed E-state index contributed by atoms with van der Waals surface area (Å²) in [5.41, 5.74) is 0.180. The van der Waals surface area contributed by atoms with Crippen LogP contribution in [0.3, 0.4) is 0 Å². The molecule has 0 aliphatic rings. The van der Waals surface area contributed by atoms with Gasteiger partial charge in [-0.15, -0.1) is 0 Å². The van der Waals surface area contributed by atoms with Gasteiger partial charge in [-0.25, -0.2) is 0 Å². The summed E-state index contributed by atoms with van der Waals surface area (Å²) in [5, 5.41) is 0.205. The molecule has 0 aliphatic carbocycles. The van der Waals surface area contributed by atoms with Gasteiger partial charge in [0.2, 0.25) is 3.79 Å². The van der Waals surface area contributed by atoms with Gasteiger partial charge in [-0.05, 0) is 11.5 Å². The van der Waals surface area contributed by atoms with Crippen LogP contribution in [0.1, 0.15) is 5.69 Å². The first-order valence-electron chi connectivity index (χ1n) is 2.31. The number of hydrogen-bond donors (Lipinski definition) is 0. The second-order valence-electron chi connectivity index (χ2n) is 1.62. The van der Waals surface area contributed by atoms with E-state index >= 15 is 0 Å². The number of hydrogen-bond acceptors (Lipinski definition) is 2. The standard InChI is InChI=1S/C4Cl5NS/c5-1-2(4(7,8)9)10-11-3(1)6. The molecule has 1 rings (SSSR count). The normalized spacial score (nSPS) is 12.1. The molecule has 0 unspecified atom stereocenters. The van der Waals surface area contributed by atoms with E-state index in [0.717, 1.165) is 11.5 Å².